The van der Waals surface area contributed by atoms with Crippen LogP contribution in [0.25, 0.3) is 10.9 Å². The molecule has 0 amide bonds. The Hall–Kier alpha value is -2.26. The number of nitro benzene ring substituents is 1. The van der Waals surface area contributed by atoms with Crippen molar-refractivity contribution in [2.24, 2.45) is 12.2 Å². The van der Waals surface area contributed by atoms with E-state index >= 15 is 0 Å². The smallest absolute Gasteiger partial charge is 0.270 e. The number of aryl methyl sites for hydroxylation is 1. The molecule has 0 saturated heterocycles. The Bertz CT molecular complexity index is 853. The van der Waals surface area contributed by atoms with Gasteiger partial charge in [0.15, 0.2) is 0 Å². The van der Waals surface area contributed by atoms with Crippen LogP contribution in [0.4, 0.5) is 5.69 Å². The van der Waals surface area contributed by atoms with Crippen LogP contribution in [0.1, 0.15) is 0 Å². The number of aromatic nitrogens is 1. The molecule has 9 heteroatoms. The minimum absolute atomic E-state index is 0.0665. The fourth-order valence-electron chi connectivity index (χ4n) is 1.77. The number of sulfonamides is 1. The van der Waals surface area contributed by atoms with Crippen molar-refractivity contribution in [2.75, 3.05) is 0 Å². The summed E-state index contributed by atoms with van der Waals surface area (Å²) in [5.41, 5.74) is -0.765. The van der Waals surface area contributed by atoms with Crippen LogP contribution in [0.15, 0.2) is 34.1 Å². The van der Waals surface area contributed by atoms with Crippen molar-refractivity contribution in [2.45, 2.75) is 4.90 Å². The summed E-state index contributed by atoms with van der Waals surface area (Å²) in [6.45, 7) is 0. The van der Waals surface area contributed by atoms with Gasteiger partial charge in [-0.15, -0.1) is 0 Å². The lowest BCUT2D eigenvalue weighted by Gasteiger charge is -2.07. The predicted molar refractivity (Wildman–Crippen MR) is 67.2 cm³/mol. The highest BCUT2D eigenvalue weighted by Gasteiger charge is 2.18. The van der Waals surface area contributed by atoms with Crippen molar-refractivity contribution in [3.63, 3.8) is 0 Å². The summed E-state index contributed by atoms with van der Waals surface area (Å²) in [5.74, 6) is 0. The summed E-state index contributed by atoms with van der Waals surface area (Å²) in [7, 11) is -2.67. The summed E-state index contributed by atoms with van der Waals surface area (Å²) in [6.07, 6.45) is 1.09. The number of rotatable bonds is 2. The molecule has 0 aliphatic carbocycles. The van der Waals surface area contributed by atoms with E-state index in [1.165, 1.54) is 23.7 Å². The van der Waals surface area contributed by atoms with Gasteiger partial charge in [-0.2, -0.15) is 0 Å². The van der Waals surface area contributed by atoms with Crippen LogP contribution in [0.5, 0.6) is 0 Å². The Morgan fingerprint density at radius 1 is 1.37 bits per heavy atom. The lowest BCUT2D eigenvalue weighted by molar-refractivity contribution is -0.384. The van der Waals surface area contributed by atoms with E-state index in [-0.39, 0.29) is 11.1 Å². The summed E-state index contributed by atoms with van der Waals surface area (Å²) < 4.78 is 24.0. The van der Waals surface area contributed by atoms with E-state index < -0.39 is 25.3 Å². The molecule has 2 N–H and O–H groups in total. The summed E-state index contributed by atoms with van der Waals surface area (Å²) in [6, 6.07) is 3.65. The van der Waals surface area contributed by atoms with Gasteiger partial charge in [0.25, 0.3) is 5.69 Å². The molecule has 0 saturated carbocycles. The Morgan fingerprint density at radius 3 is 2.53 bits per heavy atom. The van der Waals surface area contributed by atoms with Gasteiger partial charge in [-0.05, 0) is 6.07 Å². The average molecular weight is 283 g/mol. The molecule has 0 radical (unpaired) electrons. The molecule has 1 aromatic carbocycles. The molecule has 19 heavy (non-hydrogen) atoms. The van der Waals surface area contributed by atoms with Crippen LogP contribution in [-0.4, -0.2) is 17.9 Å². The van der Waals surface area contributed by atoms with Crippen molar-refractivity contribution in [1.29, 1.82) is 0 Å². The molecule has 2 aromatic rings. The number of hydrogen-bond acceptors (Lipinski definition) is 5. The topological polar surface area (TPSA) is 125 Å². The molecular formula is C10H9N3O5S. The summed E-state index contributed by atoms with van der Waals surface area (Å²) in [4.78, 5) is 21.4. The monoisotopic (exact) mass is 283 g/mol. The zero-order chi connectivity index (χ0) is 14.4. The number of nitrogens with two attached hydrogens (primary N) is 1. The van der Waals surface area contributed by atoms with Crippen molar-refractivity contribution < 1.29 is 13.3 Å². The Morgan fingerprint density at radius 2 is 2.00 bits per heavy atom. The normalized spacial score (nSPS) is 11.7. The predicted octanol–water partition coefficient (Wildman–Crippen LogP) is 0.0941. The number of non-ortho nitro benzene ring substituents is 1. The number of benzene rings is 1. The maximum absolute atomic E-state index is 12.0. The third-order valence-electron chi connectivity index (χ3n) is 2.66. The van der Waals surface area contributed by atoms with Crippen LogP contribution in [0.2, 0.25) is 0 Å². The minimum atomic E-state index is -4.18. The van der Waals surface area contributed by atoms with E-state index in [1.54, 1.807) is 0 Å². The average Bonchev–Trinajstić information content (AvgIpc) is 2.31. The highest BCUT2D eigenvalue weighted by molar-refractivity contribution is 7.89. The zero-order valence-corrected chi connectivity index (χ0v) is 10.5. The molecule has 0 fully saturated rings. The van der Waals surface area contributed by atoms with E-state index in [9.17, 15) is 23.3 Å². The van der Waals surface area contributed by atoms with Crippen LogP contribution in [-0.2, 0) is 17.1 Å². The van der Waals surface area contributed by atoms with Gasteiger partial charge in [0, 0.05) is 25.4 Å². The van der Waals surface area contributed by atoms with Gasteiger partial charge in [0.1, 0.15) is 4.90 Å². The number of hydrogen-bond donors (Lipinski definition) is 1. The van der Waals surface area contributed by atoms with Gasteiger partial charge in [0.05, 0.1) is 15.8 Å². The molecular weight excluding hydrogens is 274 g/mol. The molecule has 1 aromatic heterocycles. The molecule has 0 unspecified atom stereocenters. The summed E-state index contributed by atoms with van der Waals surface area (Å²) in [5, 5.41) is 15.6. The van der Waals surface area contributed by atoms with Gasteiger partial charge in [-0.1, -0.05) is 0 Å². The number of nitrogens with zero attached hydrogens (tertiary/aromatic N) is 2. The second-order valence-corrected chi connectivity index (χ2v) is 5.47. The Labute approximate surface area is 107 Å². The third kappa shape index (κ3) is 2.20. The van der Waals surface area contributed by atoms with Crippen LogP contribution in [0.3, 0.4) is 0 Å². The van der Waals surface area contributed by atoms with Crippen LogP contribution in [0, 0.1) is 10.1 Å². The fraction of sp³-hybridized carbons (Fsp3) is 0.100. The van der Waals surface area contributed by atoms with Crippen molar-refractivity contribution in [3.05, 3.63) is 44.7 Å². The lowest BCUT2D eigenvalue weighted by atomic mass is 10.2. The first-order chi connectivity index (χ1) is 8.71. The second-order valence-electron chi connectivity index (χ2n) is 3.94. The Balaban J connectivity index is 2.98. The first kappa shape index (κ1) is 13.2. The van der Waals surface area contributed by atoms with Gasteiger partial charge in [-0.25, -0.2) is 13.6 Å². The fourth-order valence-corrected chi connectivity index (χ4v) is 2.44. The molecule has 0 aliphatic heterocycles. The van der Waals surface area contributed by atoms with E-state index in [2.05, 4.69) is 0 Å². The number of fused-ring (bicyclic) bond motifs is 1. The van der Waals surface area contributed by atoms with Gasteiger partial charge in [0.2, 0.25) is 15.5 Å². The number of nitro groups is 1. The maximum atomic E-state index is 12.0. The van der Waals surface area contributed by atoms with E-state index in [4.69, 9.17) is 5.14 Å². The molecule has 2 rings (SSSR count). The van der Waals surface area contributed by atoms with Crippen LogP contribution < -0.4 is 10.6 Å². The first-order valence-electron chi connectivity index (χ1n) is 5.02. The summed E-state index contributed by atoms with van der Waals surface area (Å²) >= 11 is 0. The third-order valence-corrected chi connectivity index (χ3v) is 3.56. The van der Waals surface area contributed by atoms with E-state index in [0.29, 0.717) is 5.52 Å². The zero-order valence-electron chi connectivity index (χ0n) is 9.73. The molecule has 0 atom stereocenters. The van der Waals surface area contributed by atoms with Crippen molar-refractivity contribution >= 4 is 26.6 Å². The van der Waals surface area contributed by atoms with E-state index in [0.717, 1.165) is 12.3 Å². The SMILES string of the molecule is Cn1cc(S(N)(=O)=O)c(=O)c2cc([N+](=O)[O-])ccc21. The molecule has 1 heterocycles. The Kier molecular flexibility index (Phi) is 2.87. The number of pyridine rings is 1. The molecule has 0 bridgehead atoms. The molecule has 0 spiro atoms. The molecule has 0 aliphatic rings. The van der Waals surface area contributed by atoms with Gasteiger partial charge < -0.3 is 4.57 Å². The highest BCUT2D eigenvalue weighted by atomic mass is 32.2. The second kappa shape index (κ2) is 4.14. The number of primary sulfonamides is 1. The lowest BCUT2D eigenvalue weighted by Crippen LogP contribution is -2.23. The largest absolute Gasteiger partial charge is 0.349 e. The van der Waals surface area contributed by atoms with Gasteiger partial charge >= 0.3 is 0 Å². The molecule has 8 nitrogen and oxygen atoms in total. The quantitative estimate of drug-likeness (QED) is 0.617. The molecule has 100 valence electrons. The van der Waals surface area contributed by atoms with Gasteiger partial charge in [-0.3, -0.25) is 14.9 Å². The minimum Gasteiger partial charge on any atom is -0.349 e. The maximum Gasteiger partial charge on any atom is 0.270 e. The van der Waals surface area contributed by atoms with Crippen molar-refractivity contribution in [1.82, 2.24) is 4.57 Å². The van der Waals surface area contributed by atoms with E-state index in [1.807, 2.05) is 0 Å². The standard InChI is InChI=1S/C10H9N3O5S/c1-12-5-9(19(11,17)18)10(14)7-4-6(13(15)16)2-3-8(7)12/h2-5H,1H3,(H2,11,17,18). The highest BCUT2D eigenvalue weighted by Crippen LogP contribution is 2.19. The first-order valence-corrected chi connectivity index (χ1v) is 6.57. The van der Waals surface area contributed by atoms with Crippen molar-refractivity contribution in [3.8, 4) is 0 Å². The van der Waals surface area contributed by atoms with Crippen LogP contribution >= 0.6 is 0 Å².